The lowest BCUT2D eigenvalue weighted by Gasteiger charge is -2.27. The standard InChI is InChI=1S/C72H130/c1-7-13-19-25-31-37-39-41-47-53-59-65-71-69(63-57-51-45-35-29-23-17-11-5)67(61-55-49-43-33-27-21-15-9-3)68(62-56-50-44-34-28-22-16-10-4)70(64-58-52-46-36-30-24-18-12-6)72(71)66-60-54-48-42-40-38-32-26-20-14-8-2/h7-52,55-58,61-66H2,1-6H3. The molecule has 0 radical (unpaired) electrons. The number of hydrogen-bond acceptors (Lipinski definition) is 0. The molecule has 0 unspecified atom stereocenters. The number of hydrogen-bond donors (Lipinski definition) is 0. The lowest BCUT2D eigenvalue weighted by molar-refractivity contribution is 0.563. The van der Waals surface area contributed by atoms with Gasteiger partial charge in [0.1, 0.15) is 0 Å². The Balaban J connectivity index is 3.80. The first kappa shape index (κ1) is 68.4. The SMILES string of the molecule is CCCCCCCCCCC#CCc1c(CC#CCCCCCCCCCC)c(CCCCCCCCCC)c(CCCCCCCCCC)c(CCCCCCCCCC)c1CCCCCCCCCC. The zero-order valence-electron chi connectivity index (χ0n) is 50.6. The van der Waals surface area contributed by atoms with Crippen molar-refractivity contribution in [2.75, 3.05) is 0 Å². The first-order valence-electron chi connectivity index (χ1n) is 33.8. The van der Waals surface area contributed by atoms with Gasteiger partial charge in [-0.05, 0) is 97.6 Å². The van der Waals surface area contributed by atoms with E-state index in [4.69, 9.17) is 0 Å². The van der Waals surface area contributed by atoms with Crippen LogP contribution in [0.5, 0.6) is 0 Å². The summed E-state index contributed by atoms with van der Waals surface area (Å²) in [6, 6.07) is 0. The van der Waals surface area contributed by atoms with Gasteiger partial charge < -0.3 is 0 Å². The maximum atomic E-state index is 3.93. The summed E-state index contributed by atoms with van der Waals surface area (Å²) in [7, 11) is 0. The molecule has 0 aliphatic rings. The Morgan fingerprint density at radius 2 is 0.333 bits per heavy atom. The molecule has 0 spiro atoms. The molecule has 0 bridgehead atoms. The van der Waals surface area contributed by atoms with Gasteiger partial charge in [-0.25, -0.2) is 0 Å². The van der Waals surface area contributed by atoms with Crippen molar-refractivity contribution in [2.45, 2.75) is 401 Å². The summed E-state index contributed by atoms with van der Waals surface area (Å²) in [4.78, 5) is 0. The predicted molar refractivity (Wildman–Crippen MR) is 329 cm³/mol. The molecule has 0 aliphatic heterocycles. The molecular weight excluding hydrogens is 865 g/mol. The zero-order valence-corrected chi connectivity index (χ0v) is 50.6. The van der Waals surface area contributed by atoms with Crippen LogP contribution in [0, 0.1) is 23.7 Å². The van der Waals surface area contributed by atoms with Crippen LogP contribution in [0.25, 0.3) is 0 Å². The minimum atomic E-state index is 0.950. The van der Waals surface area contributed by atoms with E-state index < -0.39 is 0 Å². The van der Waals surface area contributed by atoms with Gasteiger partial charge in [0.05, 0.1) is 0 Å². The van der Waals surface area contributed by atoms with E-state index in [1.165, 1.54) is 334 Å². The maximum Gasteiger partial charge on any atom is 0.0346 e. The van der Waals surface area contributed by atoms with Crippen LogP contribution in [0.1, 0.15) is 396 Å². The second-order valence-electron chi connectivity index (χ2n) is 23.3. The fraction of sp³-hybridized carbons (Fsp3) is 0.861. The van der Waals surface area contributed by atoms with Crippen LogP contribution in [-0.2, 0) is 38.5 Å². The Labute approximate surface area is 456 Å². The Morgan fingerprint density at radius 1 is 0.167 bits per heavy atom. The molecule has 1 aromatic carbocycles. The molecule has 0 aliphatic carbocycles. The lowest BCUT2D eigenvalue weighted by atomic mass is 9.78. The van der Waals surface area contributed by atoms with E-state index >= 15 is 0 Å². The second kappa shape index (κ2) is 55.6. The van der Waals surface area contributed by atoms with Crippen molar-refractivity contribution < 1.29 is 0 Å². The van der Waals surface area contributed by atoms with E-state index in [2.05, 4.69) is 65.2 Å². The minimum absolute atomic E-state index is 0.950. The summed E-state index contributed by atoms with van der Waals surface area (Å²) in [5.41, 5.74) is 10.6. The molecule has 0 amide bonds. The highest BCUT2D eigenvalue weighted by atomic mass is 14.3. The molecular formula is C72H130. The quantitative estimate of drug-likeness (QED) is 0.0451. The van der Waals surface area contributed by atoms with Gasteiger partial charge in [0.2, 0.25) is 0 Å². The van der Waals surface area contributed by atoms with Crippen LogP contribution in [0.2, 0.25) is 0 Å². The summed E-state index contributed by atoms with van der Waals surface area (Å²) >= 11 is 0. The summed E-state index contributed by atoms with van der Waals surface area (Å²) in [5.74, 6) is 15.5. The molecule has 0 fully saturated rings. The molecule has 0 heterocycles. The lowest BCUT2D eigenvalue weighted by Crippen LogP contribution is -2.15. The molecule has 1 aromatic rings. The number of benzene rings is 1. The minimum Gasteiger partial charge on any atom is -0.103 e. The van der Waals surface area contributed by atoms with Crippen LogP contribution >= 0.6 is 0 Å². The fourth-order valence-electron chi connectivity index (χ4n) is 11.6. The predicted octanol–water partition coefficient (Wildman–Crippen LogP) is 24.6. The smallest absolute Gasteiger partial charge is 0.0346 e. The van der Waals surface area contributed by atoms with Gasteiger partial charge >= 0.3 is 0 Å². The number of rotatable bonds is 54. The number of unbranched alkanes of at least 4 members (excludes halogenated alkanes) is 44. The van der Waals surface area contributed by atoms with Crippen molar-refractivity contribution in [3.8, 4) is 23.7 Å². The van der Waals surface area contributed by atoms with E-state index in [0.717, 1.165) is 25.7 Å². The van der Waals surface area contributed by atoms with Crippen molar-refractivity contribution in [2.24, 2.45) is 0 Å². The molecule has 72 heavy (non-hydrogen) atoms. The van der Waals surface area contributed by atoms with E-state index in [1.54, 1.807) is 22.3 Å². The normalized spacial score (nSPS) is 11.3. The van der Waals surface area contributed by atoms with Gasteiger partial charge in [0.25, 0.3) is 0 Å². The molecule has 418 valence electrons. The third kappa shape index (κ3) is 39.7. The fourth-order valence-corrected chi connectivity index (χ4v) is 11.6. The van der Waals surface area contributed by atoms with E-state index in [-0.39, 0.29) is 0 Å². The van der Waals surface area contributed by atoms with Gasteiger partial charge in [0.15, 0.2) is 0 Å². The monoisotopic (exact) mass is 995 g/mol. The van der Waals surface area contributed by atoms with Crippen LogP contribution in [0.15, 0.2) is 0 Å². The topological polar surface area (TPSA) is 0 Å². The molecule has 0 saturated carbocycles. The first-order chi connectivity index (χ1) is 35.7. The molecule has 0 atom stereocenters. The average Bonchev–Trinajstić information content (AvgIpc) is 3.39. The Morgan fingerprint density at radius 3 is 0.542 bits per heavy atom. The largest absolute Gasteiger partial charge is 0.103 e. The average molecular weight is 996 g/mol. The highest BCUT2D eigenvalue weighted by molar-refractivity contribution is 5.55. The summed E-state index contributed by atoms with van der Waals surface area (Å²) < 4.78 is 0. The van der Waals surface area contributed by atoms with E-state index in [0.29, 0.717) is 0 Å². The zero-order chi connectivity index (χ0) is 51.9. The third-order valence-electron chi connectivity index (χ3n) is 16.4. The Kier molecular flexibility index (Phi) is 52.8. The maximum absolute atomic E-state index is 3.93. The summed E-state index contributed by atoms with van der Waals surface area (Å²) in [6.07, 6.45) is 75.9. The molecule has 0 nitrogen and oxygen atoms in total. The van der Waals surface area contributed by atoms with Gasteiger partial charge in [-0.2, -0.15) is 0 Å². The van der Waals surface area contributed by atoms with E-state index in [1.807, 2.05) is 11.1 Å². The van der Waals surface area contributed by atoms with Crippen molar-refractivity contribution in [1.82, 2.24) is 0 Å². The second-order valence-corrected chi connectivity index (χ2v) is 23.3. The van der Waals surface area contributed by atoms with Crippen molar-refractivity contribution in [3.63, 3.8) is 0 Å². The third-order valence-corrected chi connectivity index (χ3v) is 16.4. The van der Waals surface area contributed by atoms with Crippen LogP contribution in [0.4, 0.5) is 0 Å². The summed E-state index contributed by atoms with van der Waals surface area (Å²) in [5, 5.41) is 0. The van der Waals surface area contributed by atoms with Gasteiger partial charge in [-0.15, -0.1) is 11.8 Å². The van der Waals surface area contributed by atoms with Gasteiger partial charge in [-0.3, -0.25) is 0 Å². The first-order valence-corrected chi connectivity index (χ1v) is 33.8. The van der Waals surface area contributed by atoms with Gasteiger partial charge in [0, 0.05) is 25.7 Å². The Hall–Kier alpha value is -1.66. The molecule has 0 saturated heterocycles. The molecule has 0 N–H and O–H groups in total. The van der Waals surface area contributed by atoms with E-state index in [9.17, 15) is 0 Å². The highest BCUT2D eigenvalue weighted by Crippen LogP contribution is 2.35. The Bertz CT molecular complexity index is 1300. The van der Waals surface area contributed by atoms with Crippen molar-refractivity contribution in [3.05, 3.63) is 33.4 Å². The molecule has 0 heteroatoms. The van der Waals surface area contributed by atoms with Gasteiger partial charge in [-0.1, -0.05) is 323 Å². The van der Waals surface area contributed by atoms with Crippen LogP contribution in [0.3, 0.4) is 0 Å². The molecule has 0 aromatic heterocycles. The molecule has 1 rings (SSSR count). The van der Waals surface area contributed by atoms with Crippen LogP contribution in [-0.4, -0.2) is 0 Å². The van der Waals surface area contributed by atoms with Crippen molar-refractivity contribution >= 4 is 0 Å². The highest BCUT2D eigenvalue weighted by Gasteiger charge is 2.23. The summed E-state index contributed by atoms with van der Waals surface area (Å²) in [6.45, 7) is 14.1. The van der Waals surface area contributed by atoms with Crippen molar-refractivity contribution in [1.29, 1.82) is 0 Å². The van der Waals surface area contributed by atoms with Crippen LogP contribution < -0.4 is 0 Å².